The van der Waals surface area contributed by atoms with E-state index >= 15 is 0 Å². The number of nitrogens with one attached hydrogen (secondary N) is 1. The lowest BCUT2D eigenvalue weighted by molar-refractivity contribution is 0.0708. The lowest BCUT2D eigenvalue weighted by atomic mass is 10.0. The van der Waals surface area contributed by atoms with Crippen LogP contribution in [0.1, 0.15) is 28.8 Å². The average Bonchev–Trinajstić information content (AvgIpc) is 3.24. The number of benzene rings is 2. The van der Waals surface area contributed by atoms with Gasteiger partial charge in [0.15, 0.2) is 5.76 Å². The predicted octanol–water partition coefficient (Wildman–Crippen LogP) is 4.56. The Morgan fingerprint density at radius 2 is 1.79 bits per heavy atom. The van der Waals surface area contributed by atoms with Crippen LogP contribution in [-0.2, 0) is 0 Å². The summed E-state index contributed by atoms with van der Waals surface area (Å²) in [4.78, 5) is 19.5. The van der Waals surface area contributed by atoms with E-state index in [-0.39, 0.29) is 18.3 Å². The molecule has 2 aromatic carbocycles. The van der Waals surface area contributed by atoms with Gasteiger partial charge in [0, 0.05) is 30.3 Å². The van der Waals surface area contributed by atoms with Crippen LogP contribution in [0.5, 0.6) is 0 Å². The summed E-state index contributed by atoms with van der Waals surface area (Å²) in [7, 11) is 1.98. The topological polar surface area (TPSA) is 58.4 Å². The minimum Gasteiger partial charge on any atom is -0.436 e. The van der Waals surface area contributed by atoms with E-state index in [1.54, 1.807) is 6.20 Å². The first kappa shape index (κ1) is 21.1. The largest absolute Gasteiger partial charge is 0.436 e. The van der Waals surface area contributed by atoms with Gasteiger partial charge >= 0.3 is 0 Å². The van der Waals surface area contributed by atoms with Crippen molar-refractivity contribution in [1.82, 2.24) is 15.2 Å². The van der Waals surface area contributed by atoms with Crippen LogP contribution >= 0.6 is 12.4 Å². The number of likely N-dealkylation sites (tertiary alicyclic amines) is 1. The number of nitrogens with zero attached hydrogens (tertiary/aromatic N) is 2. The van der Waals surface area contributed by atoms with E-state index in [9.17, 15) is 4.79 Å². The Bertz CT molecular complexity index is 960. The molecule has 0 bridgehead atoms. The van der Waals surface area contributed by atoms with Crippen LogP contribution in [0, 0.1) is 6.92 Å². The van der Waals surface area contributed by atoms with E-state index in [0.29, 0.717) is 23.3 Å². The van der Waals surface area contributed by atoms with Crippen LogP contribution in [0.15, 0.2) is 59.1 Å². The smallest absolute Gasteiger partial charge is 0.254 e. The second-order valence-corrected chi connectivity index (χ2v) is 7.30. The summed E-state index contributed by atoms with van der Waals surface area (Å²) in [5, 5.41) is 3.30. The van der Waals surface area contributed by atoms with Crippen molar-refractivity contribution in [2.45, 2.75) is 25.8 Å². The molecule has 3 aromatic rings. The lowest BCUT2D eigenvalue weighted by Gasteiger charge is -2.32. The summed E-state index contributed by atoms with van der Waals surface area (Å²) in [5.74, 6) is 1.22. The quantitative estimate of drug-likeness (QED) is 0.683. The molecule has 5 nitrogen and oxygen atoms in total. The van der Waals surface area contributed by atoms with Crippen molar-refractivity contribution in [2.24, 2.45) is 0 Å². The molecule has 6 heteroatoms. The normalized spacial score (nSPS) is 14.5. The van der Waals surface area contributed by atoms with Gasteiger partial charge in [0.2, 0.25) is 5.89 Å². The number of carbonyl (C=O) groups is 1. The molecule has 0 radical (unpaired) electrons. The first-order valence-corrected chi connectivity index (χ1v) is 9.74. The fourth-order valence-electron chi connectivity index (χ4n) is 3.65. The second kappa shape index (κ2) is 9.25. The Balaban J connectivity index is 0.00000240. The van der Waals surface area contributed by atoms with Crippen LogP contribution in [-0.4, -0.2) is 42.0 Å². The van der Waals surface area contributed by atoms with Crippen LogP contribution < -0.4 is 5.32 Å². The van der Waals surface area contributed by atoms with Crippen LogP contribution in [0.4, 0.5) is 0 Å². The number of carbonyl (C=O) groups excluding carboxylic acids is 1. The standard InChI is InChI=1S/C23H25N3O2.ClH/c1-16-7-9-17(10-8-16)21-15-25-22(28-21)19-5-3-4-6-20(19)23(27)26-13-11-18(24-2)12-14-26;/h3-10,15,18,24H,11-14H2,1-2H3;1H. The highest BCUT2D eigenvalue weighted by atomic mass is 35.5. The van der Waals surface area contributed by atoms with Gasteiger partial charge in [0.05, 0.1) is 11.8 Å². The number of rotatable bonds is 4. The Labute approximate surface area is 177 Å². The Hall–Kier alpha value is -2.63. The average molecular weight is 412 g/mol. The summed E-state index contributed by atoms with van der Waals surface area (Å²) < 4.78 is 6.02. The SMILES string of the molecule is CNC1CCN(C(=O)c2ccccc2-c2ncc(-c3ccc(C)cc3)o2)CC1.Cl. The van der Waals surface area contributed by atoms with Gasteiger partial charge in [-0.05, 0) is 38.9 Å². The number of piperidine rings is 1. The minimum atomic E-state index is 0. The fraction of sp³-hybridized carbons (Fsp3) is 0.304. The summed E-state index contributed by atoms with van der Waals surface area (Å²) in [5.41, 5.74) is 3.55. The van der Waals surface area contributed by atoms with Crippen LogP contribution in [0.3, 0.4) is 0 Å². The summed E-state index contributed by atoms with van der Waals surface area (Å²) >= 11 is 0. The molecule has 0 atom stereocenters. The maximum atomic E-state index is 13.1. The third kappa shape index (κ3) is 4.52. The number of oxazole rings is 1. The van der Waals surface area contributed by atoms with Crippen molar-refractivity contribution in [3.8, 4) is 22.8 Å². The summed E-state index contributed by atoms with van der Waals surface area (Å²) in [6, 6.07) is 16.2. The zero-order valence-electron chi connectivity index (χ0n) is 16.7. The highest BCUT2D eigenvalue weighted by molar-refractivity contribution is 6.00. The first-order chi connectivity index (χ1) is 13.7. The predicted molar refractivity (Wildman–Crippen MR) is 117 cm³/mol. The molecular weight excluding hydrogens is 386 g/mol. The molecular formula is C23H26ClN3O2. The lowest BCUT2D eigenvalue weighted by Crippen LogP contribution is -2.44. The molecule has 0 unspecified atom stereocenters. The van der Waals surface area contributed by atoms with Gasteiger partial charge in [-0.3, -0.25) is 4.79 Å². The van der Waals surface area contributed by atoms with E-state index in [4.69, 9.17) is 4.42 Å². The van der Waals surface area contributed by atoms with Gasteiger partial charge in [-0.2, -0.15) is 0 Å². The zero-order chi connectivity index (χ0) is 19.5. The third-order valence-corrected chi connectivity index (χ3v) is 5.42. The number of halogens is 1. The van der Waals surface area contributed by atoms with Crippen molar-refractivity contribution in [3.63, 3.8) is 0 Å². The minimum absolute atomic E-state index is 0. The van der Waals surface area contributed by atoms with E-state index < -0.39 is 0 Å². The van der Waals surface area contributed by atoms with Gasteiger partial charge in [0.25, 0.3) is 5.91 Å². The Morgan fingerprint density at radius 3 is 2.48 bits per heavy atom. The number of aryl methyl sites for hydroxylation is 1. The van der Waals surface area contributed by atoms with Gasteiger partial charge in [-0.25, -0.2) is 4.98 Å². The third-order valence-electron chi connectivity index (χ3n) is 5.42. The molecule has 29 heavy (non-hydrogen) atoms. The van der Waals surface area contributed by atoms with Crippen molar-refractivity contribution in [2.75, 3.05) is 20.1 Å². The van der Waals surface area contributed by atoms with E-state index in [1.807, 2.05) is 60.5 Å². The van der Waals surface area contributed by atoms with Gasteiger partial charge in [-0.15, -0.1) is 12.4 Å². The highest BCUT2D eigenvalue weighted by Crippen LogP contribution is 2.29. The molecule has 0 saturated carbocycles. The number of aromatic nitrogens is 1. The molecule has 1 amide bonds. The molecule has 2 heterocycles. The van der Waals surface area contributed by atoms with E-state index in [2.05, 4.69) is 17.2 Å². The molecule has 0 aliphatic carbocycles. The molecule has 1 aromatic heterocycles. The fourth-order valence-corrected chi connectivity index (χ4v) is 3.65. The van der Waals surface area contributed by atoms with Gasteiger partial charge in [0.1, 0.15) is 0 Å². The molecule has 1 aliphatic rings. The molecule has 152 valence electrons. The molecule has 1 aliphatic heterocycles. The number of hydrogen-bond acceptors (Lipinski definition) is 4. The maximum absolute atomic E-state index is 13.1. The second-order valence-electron chi connectivity index (χ2n) is 7.30. The Morgan fingerprint density at radius 1 is 1.10 bits per heavy atom. The van der Waals surface area contributed by atoms with Crippen molar-refractivity contribution in [3.05, 3.63) is 65.9 Å². The highest BCUT2D eigenvalue weighted by Gasteiger charge is 2.25. The summed E-state index contributed by atoms with van der Waals surface area (Å²) in [6.07, 6.45) is 3.67. The maximum Gasteiger partial charge on any atom is 0.254 e. The van der Waals surface area contributed by atoms with Crippen LogP contribution in [0.25, 0.3) is 22.8 Å². The summed E-state index contributed by atoms with van der Waals surface area (Å²) in [6.45, 7) is 3.58. The van der Waals surface area contributed by atoms with Crippen molar-refractivity contribution >= 4 is 18.3 Å². The molecule has 1 saturated heterocycles. The Kier molecular flexibility index (Phi) is 6.72. The molecule has 1 N–H and O–H groups in total. The monoisotopic (exact) mass is 411 g/mol. The van der Waals surface area contributed by atoms with Crippen molar-refractivity contribution < 1.29 is 9.21 Å². The first-order valence-electron chi connectivity index (χ1n) is 9.74. The van der Waals surface area contributed by atoms with Crippen molar-refractivity contribution in [1.29, 1.82) is 0 Å². The number of hydrogen-bond donors (Lipinski definition) is 1. The zero-order valence-corrected chi connectivity index (χ0v) is 17.5. The van der Waals surface area contributed by atoms with Gasteiger partial charge < -0.3 is 14.6 Å². The molecule has 0 spiro atoms. The van der Waals surface area contributed by atoms with E-state index in [1.165, 1.54) is 5.56 Å². The number of amides is 1. The van der Waals surface area contributed by atoms with E-state index in [0.717, 1.165) is 37.1 Å². The van der Waals surface area contributed by atoms with Crippen LogP contribution in [0.2, 0.25) is 0 Å². The van der Waals surface area contributed by atoms with Gasteiger partial charge in [-0.1, -0.05) is 42.0 Å². The molecule has 1 fully saturated rings. The molecule has 4 rings (SSSR count).